The van der Waals surface area contributed by atoms with Gasteiger partial charge in [0, 0.05) is 71.6 Å². The van der Waals surface area contributed by atoms with Crippen molar-refractivity contribution in [2.75, 3.05) is 31.1 Å². The Morgan fingerprint density at radius 1 is 0.657 bits per heavy atom. The predicted molar refractivity (Wildman–Crippen MR) is 247 cm³/mol. The highest BCUT2D eigenvalue weighted by Crippen LogP contribution is 2.27. The molecule has 356 valence electrons. The lowest BCUT2D eigenvalue weighted by atomic mass is 10.0. The molecule has 21 nitrogen and oxygen atoms in total. The number of hydrogen-bond acceptors (Lipinski definition) is 12. The van der Waals surface area contributed by atoms with Crippen LogP contribution in [0.4, 0.5) is 0 Å². The van der Waals surface area contributed by atoms with Gasteiger partial charge in [0.25, 0.3) is 0 Å². The zero-order valence-corrected chi connectivity index (χ0v) is 37.8. The van der Waals surface area contributed by atoms with E-state index in [-0.39, 0.29) is 50.3 Å². The molecule has 5 heterocycles. The summed E-state index contributed by atoms with van der Waals surface area (Å²) in [6, 6.07) is 4.98. The molecular weight excluding hydrogens is 909 g/mol. The van der Waals surface area contributed by atoms with Gasteiger partial charge in [-0.05, 0) is 48.9 Å². The van der Waals surface area contributed by atoms with Crippen LogP contribution in [0.5, 0.6) is 0 Å². The van der Waals surface area contributed by atoms with E-state index in [1.54, 1.807) is 24.5 Å². The minimum Gasteiger partial charge on any atom is -0.481 e. The van der Waals surface area contributed by atoms with Gasteiger partial charge in [-0.2, -0.15) is 0 Å². The number of amides is 7. The smallest absolute Gasteiger partial charge is 0.327 e. The van der Waals surface area contributed by atoms with Crippen molar-refractivity contribution in [2.24, 2.45) is 5.73 Å². The molecule has 3 aliphatic rings. The lowest BCUT2D eigenvalue weighted by Crippen LogP contribution is -2.60. The number of carboxylic acid groups (broad SMARTS) is 2. The maximum absolute atomic E-state index is 14.4. The van der Waals surface area contributed by atoms with Gasteiger partial charge in [0.2, 0.25) is 41.4 Å². The molecule has 0 radical (unpaired) electrons. The normalized spacial score (nSPS) is 25.2. The number of aromatic amines is 2. The molecule has 2 aromatic carbocycles. The Balaban J connectivity index is 1.24. The molecule has 67 heavy (non-hydrogen) atoms. The Morgan fingerprint density at radius 3 is 1.67 bits per heavy atom. The van der Waals surface area contributed by atoms with Gasteiger partial charge >= 0.3 is 11.9 Å². The summed E-state index contributed by atoms with van der Waals surface area (Å²) < 4.78 is 0. The Morgan fingerprint density at radius 2 is 1.15 bits per heavy atom. The van der Waals surface area contributed by atoms with Crippen molar-refractivity contribution in [3.8, 4) is 0 Å². The fraction of sp³-hybridized carbons (Fsp3) is 0.432. The summed E-state index contributed by atoms with van der Waals surface area (Å²) >= 11 is 0. The van der Waals surface area contributed by atoms with E-state index in [1.165, 1.54) is 4.90 Å². The van der Waals surface area contributed by atoms with Crippen molar-refractivity contribution in [2.45, 2.75) is 87.2 Å². The van der Waals surface area contributed by atoms with Crippen LogP contribution in [0, 0.1) is 0 Å². The molecule has 7 atom stereocenters. The number of nitrogens with zero attached hydrogens (tertiary/aromatic N) is 2. The van der Waals surface area contributed by atoms with Gasteiger partial charge < -0.3 is 62.3 Å². The van der Waals surface area contributed by atoms with Gasteiger partial charge in [-0.3, -0.25) is 38.4 Å². The predicted octanol–water partition coefficient (Wildman–Crippen LogP) is -0.247. The molecule has 7 amide bonds. The molecule has 2 aromatic heterocycles. The summed E-state index contributed by atoms with van der Waals surface area (Å²) in [6.45, 7) is -0.329. The van der Waals surface area contributed by atoms with E-state index in [0.29, 0.717) is 24.0 Å². The highest BCUT2D eigenvalue weighted by molar-refractivity contribution is 8.76. The molecule has 3 unspecified atom stereocenters. The largest absolute Gasteiger partial charge is 0.481 e. The van der Waals surface area contributed by atoms with Crippen LogP contribution in [0.15, 0.2) is 60.9 Å². The van der Waals surface area contributed by atoms with Crippen molar-refractivity contribution in [3.05, 3.63) is 72.1 Å². The number of carboxylic acids is 2. The summed E-state index contributed by atoms with van der Waals surface area (Å²) in [5, 5.41) is 34.9. The minimum absolute atomic E-state index is 0.00593. The van der Waals surface area contributed by atoms with Gasteiger partial charge in [0.15, 0.2) is 0 Å². The fourth-order valence-electron chi connectivity index (χ4n) is 8.76. The standard InChI is InChI=1S/C44H52N10O11S2/c45-18-36(55)48-32-21-66-67-22-33(44(64)65)52-39(59)30(16-24-20-47-28-10-4-2-8-26(24)28)50-40(60)34-11-5-13-53(34)42(62)31(17-37(56)57)51-38(58)29(15-23-19-46-27-9-3-1-7-25(23)27)49-41(61)35-12-6-14-54(35)43(32)63/h1-4,7-10,19-20,29-35,46-47H,5-6,11-18,21-22,45H2,(H,48,55)(H,49,61)(H,50,60)(H,51,58)(H,52,59)(H,56,57)(H,64,65)/t29?,30-,31-,32?,33?,34-,35-/m0/s1. The van der Waals surface area contributed by atoms with Crippen LogP contribution in [-0.2, 0) is 56.0 Å². The van der Waals surface area contributed by atoms with Crippen LogP contribution in [0.2, 0.25) is 0 Å². The third-order valence-corrected chi connectivity index (χ3v) is 14.5. The SMILES string of the molecule is NCC(=O)NC1CSSCC(C(=O)O)NC(=O)[C@H](Cc2c[nH]c3ccccc23)NC(=O)[C@@H]2CCCN2C(=O)[C@H](CC(=O)O)NC(=O)C(Cc2c[nH]c3ccccc23)NC(=O)[C@@H]2CCCN2C1=O. The fourth-order valence-corrected chi connectivity index (χ4v) is 11.1. The summed E-state index contributed by atoms with van der Waals surface area (Å²) in [7, 11) is 2.05. The number of nitrogens with two attached hydrogens (primary N) is 1. The number of H-pyrrole nitrogens is 2. The van der Waals surface area contributed by atoms with Crippen LogP contribution >= 0.6 is 21.6 Å². The monoisotopic (exact) mass is 960 g/mol. The zero-order chi connectivity index (χ0) is 47.8. The van der Waals surface area contributed by atoms with Crippen molar-refractivity contribution < 1.29 is 53.4 Å². The number of aromatic nitrogens is 2. The number of benzene rings is 2. The number of carbonyl (C=O) groups is 9. The summed E-state index contributed by atoms with van der Waals surface area (Å²) in [4.78, 5) is 132. The number of nitrogens with one attached hydrogen (secondary N) is 7. The van der Waals surface area contributed by atoms with E-state index in [2.05, 4.69) is 36.6 Å². The molecule has 3 aliphatic heterocycles. The molecule has 3 saturated heterocycles. The first-order chi connectivity index (χ1) is 32.2. The first kappa shape index (κ1) is 48.3. The summed E-state index contributed by atoms with van der Waals surface area (Å²) in [5.41, 5.74) is 8.31. The molecule has 4 aromatic rings. The number of rotatable bonds is 9. The first-order valence-corrected chi connectivity index (χ1v) is 24.3. The molecule has 0 bridgehead atoms. The van der Waals surface area contributed by atoms with Crippen LogP contribution in [0.1, 0.15) is 43.2 Å². The number of aliphatic carboxylic acids is 2. The average molecular weight is 961 g/mol. The third kappa shape index (κ3) is 11.5. The topological polar surface area (TPSA) is 318 Å². The highest BCUT2D eigenvalue weighted by atomic mass is 33.1. The zero-order valence-electron chi connectivity index (χ0n) is 36.2. The maximum Gasteiger partial charge on any atom is 0.327 e. The van der Waals surface area contributed by atoms with Crippen molar-refractivity contribution in [3.63, 3.8) is 0 Å². The van der Waals surface area contributed by atoms with Crippen molar-refractivity contribution in [1.29, 1.82) is 0 Å². The van der Waals surface area contributed by atoms with E-state index < -0.39 is 109 Å². The van der Waals surface area contributed by atoms with Gasteiger partial charge in [-0.15, -0.1) is 0 Å². The van der Waals surface area contributed by atoms with Crippen LogP contribution in [0.3, 0.4) is 0 Å². The van der Waals surface area contributed by atoms with E-state index in [1.807, 2.05) is 36.4 Å². The summed E-state index contributed by atoms with van der Waals surface area (Å²) in [6.07, 6.45) is 3.26. The van der Waals surface area contributed by atoms with Crippen LogP contribution < -0.4 is 32.3 Å². The first-order valence-electron chi connectivity index (χ1n) is 21.8. The summed E-state index contributed by atoms with van der Waals surface area (Å²) in [5.74, 6) is -8.54. The second-order valence-corrected chi connectivity index (χ2v) is 19.1. The van der Waals surface area contributed by atoms with E-state index >= 15 is 0 Å². The Bertz CT molecular complexity index is 2550. The number of carbonyl (C=O) groups excluding carboxylic acids is 7. The second-order valence-electron chi connectivity index (χ2n) is 16.6. The molecule has 0 aliphatic carbocycles. The van der Waals surface area contributed by atoms with E-state index in [9.17, 15) is 53.4 Å². The Kier molecular flexibility index (Phi) is 15.7. The molecule has 0 saturated carbocycles. The third-order valence-electron chi connectivity index (χ3n) is 12.1. The van der Waals surface area contributed by atoms with Gasteiger partial charge in [0.1, 0.15) is 42.3 Å². The van der Waals surface area contributed by atoms with Crippen LogP contribution in [0.25, 0.3) is 21.8 Å². The molecule has 11 N–H and O–H groups in total. The van der Waals surface area contributed by atoms with Gasteiger partial charge in [-0.1, -0.05) is 58.0 Å². The molecule has 23 heteroatoms. The number of para-hydroxylation sites is 2. The lowest BCUT2D eigenvalue weighted by Gasteiger charge is -2.31. The van der Waals surface area contributed by atoms with E-state index in [4.69, 9.17) is 5.73 Å². The quantitative estimate of drug-likeness (QED) is 0.0969. The molecule has 0 spiro atoms. The molecule has 7 rings (SSSR count). The lowest BCUT2D eigenvalue weighted by molar-refractivity contribution is -0.146. The van der Waals surface area contributed by atoms with Crippen molar-refractivity contribution >= 4 is 96.7 Å². The molecular formula is C44H52N10O11S2. The van der Waals surface area contributed by atoms with Crippen molar-refractivity contribution in [1.82, 2.24) is 46.4 Å². The number of hydrogen-bond donors (Lipinski definition) is 10. The average Bonchev–Trinajstić information content (AvgIpc) is 4.15. The second kappa shape index (κ2) is 21.8. The van der Waals surface area contributed by atoms with Gasteiger partial charge in [-0.25, -0.2) is 4.79 Å². The van der Waals surface area contributed by atoms with E-state index in [0.717, 1.165) is 48.3 Å². The van der Waals surface area contributed by atoms with Crippen LogP contribution in [-0.4, -0.2) is 157 Å². The van der Waals surface area contributed by atoms with Gasteiger partial charge in [0.05, 0.1) is 13.0 Å². The Labute approximate surface area is 391 Å². The molecule has 3 fully saturated rings. The maximum atomic E-state index is 14.4. The minimum atomic E-state index is -1.71. The Hall–Kier alpha value is -6.59. The number of fused-ring (bicyclic) bond motifs is 4. The highest BCUT2D eigenvalue weighted by Gasteiger charge is 2.42.